The third kappa shape index (κ3) is 4.82. The zero-order chi connectivity index (χ0) is 20.1. The summed E-state index contributed by atoms with van der Waals surface area (Å²) in [6.07, 6.45) is 3.17. The summed E-state index contributed by atoms with van der Waals surface area (Å²) in [4.78, 5) is 16.8. The summed E-state index contributed by atoms with van der Waals surface area (Å²) in [6.45, 7) is 3.47. The number of β-amino-alcohol motifs (C(OH)–C–C–N with tert-alkyl or cyclic N) is 1. The Morgan fingerprint density at radius 3 is 2.68 bits per heavy atom. The zero-order valence-electron chi connectivity index (χ0n) is 16.8. The van der Waals surface area contributed by atoms with Gasteiger partial charge in [0, 0.05) is 38.9 Å². The number of ether oxygens (including phenoxy) is 2. The number of hydrogen-bond acceptors (Lipinski definition) is 5. The average molecular weight is 394 g/mol. The lowest BCUT2D eigenvalue weighted by Crippen LogP contribution is -2.59. The van der Waals surface area contributed by atoms with Crippen molar-refractivity contribution in [2.75, 3.05) is 47.0 Å². The van der Waals surface area contributed by atoms with Crippen LogP contribution in [0.25, 0.3) is 0 Å². The molecule has 0 spiro atoms. The minimum Gasteiger partial charge on any atom is -0.497 e. The number of amides is 1. The van der Waals surface area contributed by atoms with Crippen LogP contribution < -0.4 is 4.74 Å². The van der Waals surface area contributed by atoms with Crippen molar-refractivity contribution in [1.82, 2.24) is 9.80 Å². The standard InChI is InChI=1S/C21H31FN2O4/c1-27-14-16-6-10-23(11-7-16)15-21(26)8-3-9-24(20(21)25)13-17-12-18(28-2)4-5-19(17)22/h4-5,12,16,26H,3,6-11,13-15H2,1-2H3. The van der Waals surface area contributed by atoms with Gasteiger partial charge in [0.15, 0.2) is 5.60 Å². The number of aliphatic hydroxyl groups is 1. The molecule has 1 unspecified atom stereocenters. The van der Waals surface area contributed by atoms with Crippen LogP contribution in [-0.2, 0) is 16.1 Å². The molecule has 2 heterocycles. The van der Waals surface area contributed by atoms with E-state index in [1.807, 2.05) is 0 Å². The van der Waals surface area contributed by atoms with Crippen LogP contribution >= 0.6 is 0 Å². The van der Waals surface area contributed by atoms with E-state index in [1.165, 1.54) is 13.2 Å². The summed E-state index contributed by atoms with van der Waals surface area (Å²) in [5.74, 6) is 0.420. The van der Waals surface area contributed by atoms with Crippen LogP contribution in [0.1, 0.15) is 31.2 Å². The number of carbonyl (C=O) groups excluding carboxylic acids is 1. The summed E-state index contributed by atoms with van der Waals surface area (Å²) >= 11 is 0. The fraction of sp³-hybridized carbons (Fsp3) is 0.667. The van der Waals surface area contributed by atoms with Crippen molar-refractivity contribution < 1.29 is 23.8 Å². The minimum absolute atomic E-state index is 0.139. The predicted molar refractivity (Wildman–Crippen MR) is 104 cm³/mol. The second-order valence-corrected chi connectivity index (χ2v) is 7.99. The summed E-state index contributed by atoms with van der Waals surface area (Å²) in [5, 5.41) is 11.1. The van der Waals surface area contributed by atoms with Crippen LogP contribution in [0.2, 0.25) is 0 Å². The monoisotopic (exact) mass is 394 g/mol. The van der Waals surface area contributed by atoms with E-state index in [-0.39, 0.29) is 18.3 Å². The van der Waals surface area contributed by atoms with Crippen molar-refractivity contribution in [3.8, 4) is 5.75 Å². The Bertz CT molecular complexity index is 678. The number of benzene rings is 1. The molecule has 0 radical (unpaired) electrons. The first-order valence-corrected chi connectivity index (χ1v) is 10.0. The molecule has 28 heavy (non-hydrogen) atoms. The average Bonchev–Trinajstić information content (AvgIpc) is 2.69. The Labute approximate surface area is 166 Å². The predicted octanol–water partition coefficient (Wildman–Crippen LogP) is 2.05. The second kappa shape index (κ2) is 9.20. The second-order valence-electron chi connectivity index (χ2n) is 7.99. The number of rotatable bonds is 7. The molecule has 6 nitrogen and oxygen atoms in total. The number of methoxy groups -OCH3 is 2. The third-order valence-electron chi connectivity index (χ3n) is 5.91. The lowest BCUT2D eigenvalue weighted by Gasteiger charge is -2.42. The Morgan fingerprint density at radius 2 is 2.00 bits per heavy atom. The summed E-state index contributed by atoms with van der Waals surface area (Å²) < 4.78 is 24.6. The van der Waals surface area contributed by atoms with Crippen LogP contribution in [0.5, 0.6) is 5.75 Å². The number of nitrogens with zero attached hydrogens (tertiary/aromatic N) is 2. The molecule has 2 aliphatic rings. The third-order valence-corrected chi connectivity index (χ3v) is 5.91. The Morgan fingerprint density at radius 1 is 1.25 bits per heavy atom. The highest BCUT2D eigenvalue weighted by Crippen LogP contribution is 2.28. The van der Waals surface area contributed by atoms with Crippen molar-refractivity contribution in [1.29, 1.82) is 0 Å². The molecule has 3 rings (SSSR count). The first-order valence-electron chi connectivity index (χ1n) is 10.0. The smallest absolute Gasteiger partial charge is 0.256 e. The molecule has 0 aromatic heterocycles. The van der Waals surface area contributed by atoms with Gasteiger partial charge in [-0.1, -0.05) is 0 Å². The summed E-state index contributed by atoms with van der Waals surface area (Å²) in [6, 6.07) is 4.51. The topological polar surface area (TPSA) is 62.2 Å². The van der Waals surface area contributed by atoms with E-state index >= 15 is 0 Å². The molecule has 2 fully saturated rings. The van der Waals surface area contributed by atoms with E-state index < -0.39 is 5.60 Å². The summed E-state index contributed by atoms with van der Waals surface area (Å²) in [5.41, 5.74) is -1.00. The molecule has 2 aliphatic heterocycles. The van der Waals surface area contributed by atoms with Crippen LogP contribution in [0, 0.1) is 11.7 Å². The maximum absolute atomic E-state index is 14.2. The van der Waals surface area contributed by atoms with Crippen molar-refractivity contribution in [2.24, 2.45) is 5.92 Å². The van der Waals surface area contributed by atoms with E-state index in [1.54, 1.807) is 24.1 Å². The van der Waals surface area contributed by atoms with Gasteiger partial charge >= 0.3 is 0 Å². The van der Waals surface area contributed by atoms with Gasteiger partial charge in [0.05, 0.1) is 7.11 Å². The SMILES string of the molecule is COCC1CCN(CC2(O)CCCN(Cc3cc(OC)ccc3F)C2=O)CC1. The van der Waals surface area contributed by atoms with Gasteiger partial charge in [-0.25, -0.2) is 4.39 Å². The van der Waals surface area contributed by atoms with Gasteiger partial charge in [-0.05, 0) is 62.9 Å². The molecule has 0 bridgehead atoms. The van der Waals surface area contributed by atoms with Crippen LogP contribution in [-0.4, -0.2) is 73.4 Å². The Balaban J connectivity index is 1.63. The molecule has 7 heteroatoms. The fourth-order valence-electron chi connectivity index (χ4n) is 4.28. The maximum atomic E-state index is 14.2. The van der Waals surface area contributed by atoms with Gasteiger partial charge in [-0.2, -0.15) is 0 Å². The van der Waals surface area contributed by atoms with Crippen LogP contribution in [0.3, 0.4) is 0 Å². The molecule has 1 N–H and O–H groups in total. The van der Waals surface area contributed by atoms with Crippen molar-refractivity contribution in [2.45, 2.75) is 37.8 Å². The Hall–Kier alpha value is -1.70. The maximum Gasteiger partial charge on any atom is 0.256 e. The first kappa shape index (κ1) is 21.0. The van der Waals surface area contributed by atoms with Gasteiger partial charge in [-0.3, -0.25) is 9.69 Å². The van der Waals surface area contributed by atoms with Gasteiger partial charge in [-0.15, -0.1) is 0 Å². The van der Waals surface area contributed by atoms with E-state index in [0.717, 1.165) is 32.5 Å². The van der Waals surface area contributed by atoms with Crippen molar-refractivity contribution >= 4 is 5.91 Å². The van der Waals surface area contributed by atoms with Gasteiger partial charge in [0.2, 0.25) is 0 Å². The van der Waals surface area contributed by atoms with E-state index in [9.17, 15) is 14.3 Å². The molecular weight excluding hydrogens is 363 g/mol. The van der Waals surface area contributed by atoms with E-state index in [2.05, 4.69) is 4.90 Å². The lowest BCUT2D eigenvalue weighted by molar-refractivity contribution is -0.160. The quantitative estimate of drug-likeness (QED) is 0.767. The van der Waals surface area contributed by atoms with Crippen LogP contribution in [0.4, 0.5) is 4.39 Å². The van der Waals surface area contributed by atoms with Gasteiger partial charge in [0.1, 0.15) is 11.6 Å². The largest absolute Gasteiger partial charge is 0.497 e. The molecule has 1 aromatic carbocycles. The highest BCUT2D eigenvalue weighted by atomic mass is 19.1. The van der Waals surface area contributed by atoms with Crippen molar-refractivity contribution in [3.05, 3.63) is 29.6 Å². The van der Waals surface area contributed by atoms with E-state index in [4.69, 9.17) is 9.47 Å². The number of carbonyl (C=O) groups is 1. The molecule has 2 saturated heterocycles. The molecule has 1 amide bonds. The van der Waals surface area contributed by atoms with Crippen molar-refractivity contribution in [3.63, 3.8) is 0 Å². The van der Waals surface area contributed by atoms with Gasteiger partial charge in [0.25, 0.3) is 5.91 Å². The lowest BCUT2D eigenvalue weighted by atomic mass is 9.89. The van der Waals surface area contributed by atoms with Crippen LogP contribution in [0.15, 0.2) is 18.2 Å². The molecular formula is C21H31FN2O4. The van der Waals surface area contributed by atoms with E-state index in [0.29, 0.717) is 43.2 Å². The molecule has 0 aliphatic carbocycles. The highest BCUT2D eigenvalue weighted by Gasteiger charge is 2.43. The molecule has 0 saturated carbocycles. The molecule has 1 aromatic rings. The number of halogens is 1. The first-order chi connectivity index (χ1) is 13.4. The summed E-state index contributed by atoms with van der Waals surface area (Å²) in [7, 11) is 3.24. The molecule has 1 atom stereocenters. The number of likely N-dealkylation sites (tertiary alicyclic amines) is 2. The number of hydrogen-bond donors (Lipinski definition) is 1. The zero-order valence-corrected chi connectivity index (χ0v) is 16.8. The normalized spacial score (nSPS) is 24.6. The fourth-order valence-corrected chi connectivity index (χ4v) is 4.28. The Kier molecular flexibility index (Phi) is 6.91. The minimum atomic E-state index is -1.40. The molecule has 156 valence electrons. The van der Waals surface area contributed by atoms with Gasteiger partial charge < -0.3 is 19.5 Å². The highest BCUT2D eigenvalue weighted by molar-refractivity contribution is 5.86. The number of piperidine rings is 2.